The van der Waals surface area contributed by atoms with Gasteiger partial charge in [-0.2, -0.15) is 0 Å². The average Bonchev–Trinajstić information content (AvgIpc) is 2.41. The third kappa shape index (κ3) is 2.78. The molecule has 0 aromatic heterocycles. The monoisotopic (exact) mass is 260 g/mol. The van der Waals surface area contributed by atoms with Gasteiger partial charge in [-0.1, -0.05) is 54.1 Å². The number of benzene rings is 2. The maximum Gasteiger partial charge on any atom is 0.196 e. The lowest BCUT2D eigenvalue weighted by Gasteiger charge is -2.14. The number of Topliss-reactive ketones (excluding diaryl/α,β-unsaturated/α-hetero) is 1. The van der Waals surface area contributed by atoms with E-state index < -0.39 is 6.10 Å². The Hall–Kier alpha value is -1.64. The molecule has 2 nitrogen and oxygen atoms in total. The summed E-state index contributed by atoms with van der Waals surface area (Å²) in [7, 11) is 1.53. The molecule has 0 fully saturated rings. The van der Waals surface area contributed by atoms with Crippen molar-refractivity contribution in [2.45, 2.75) is 6.10 Å². The van der Waals surface area contributed by atoms with Crippen LogP contribution in [0.15, 0.2) is 54.6 Å². The summed E-state index contributed by atoms with van der Waals surface area (Å²) in [6.45, 7) is 0. The predicted molar refractivity (Wildman–Crippen MR) is 72.0 cm³/mol. The van der Waals surface area contributed by atoms with Crippen molar-refractivity contribution >= 4 is 17.4 Å². The fourth-order valence-corrected chi connectivity index (χ4v) is 2.01. The highest BCUT2D eigenvalue weighted by Gasteiger charge is 2.21. The van der Waals surface area contributed by atoms with Gasteiger partial charge in [0.1, 0.15) is 6.10 Å². The maximum atomic E-state index is 12.3. The number of halogens is 1. The molecule has 0 spiro atoms. The van der Waals surface area contributed by atoms with Crippen LogP contribution in [0.3, 0.4) is 0 Å². The van der Waals surface area contributed by atoms with Crippen molar-refractivity contribution in [3.05, 3.63) is 70.7 Å². The quantitative estimate of drug-likeness (QED) is 0.779. The van der Waals surface area contributed by atoms with Gasteiger partial charge in [0.05, 0.1) is 0 Å². The largest absolute Gasteiger partial charge is 0.369 e. The van der Waals surface area contributed by atoms with Gasteiger partial charge in [-0.05, 0) is 17.7 Å². The van der Waals surface area contributed by atoms with E-state index in [1.165, 1.54) is 7.11 Å². The predicted octanol–water partition coefficient (Wildman–Crippen LogP) is 3.91. The Labute approximate surface area is 111 Å². The van der Waals surface area contributed by atoms with E-state index in [9.17, 15) is 4.79 Å². The number of hydrogen-bond acceptors (Lipinski definition) is 2. The molecule has 1 atom stereocenters. The van der Waals surface area contributed by atoms with Gasteiger partial charge in [0, 0.05) is 17.7 Å². The molecule has 3 heteroatoms. The zero-order chi connectivity index (χ0) is 13.0. The third-order valence-corrected chi connectivity index (χ3v) is 2.92. The molecule has 18 heavy (non-hydrogen) atoms. The van der Waals surface area contributed by atoms with Gasteiger partial charge < -0.3 is 4.74 Å². The lowest BCUT2D eigenvalue weighted by molar-refractivity contribution is 0.0604. The molecule has 2 aromatic rings. The highest BCUT2D eigenvalue weighted by atomic mass is 35.5. The highest BCUT2D eigenvalue weighted by Crippen LogP contribution is 2.23. The molecule has 1 unspecified atom stereocenters. The molecule has 2 aromatic carbocycles. The van der Waals surface area contributed by atoms with Crippen molar-refractivity contribution in [3.63, 3.8) is 0 Å². The van der Waals surface area contributed by atoms with Crippen LogP contribution < -0.4 is 0 Å². The summed E-state index contributed by atoms with van der Waals surface area (Å²) in [5.41, 5.74) is 1.39. The van der Waals surface area contributed by atoms with Gasteiger partial charge in [-0.15, -0.1) is 0 Å². The van der Waals surface area contributed by atoms with Crippen LogP contribution in [0.1, 0.15) is 22.0 Å². The van der Waals surface area contributed by atoms with Crippen LogP contribution >= 0.6 is 11.6 Å². The van der Waals surface area contributed by atoms with E-state index in [2.05, 4.69) is 0 Å². The standard InChI is InChI=1S/C15H13ClO2/c1-18-15(11-6-3-2-4-7-11)14(17)12-8-5-9-13(16)10-12/h2-10,15H,1H3. The Morgan fingerprint density at radius 1 is 1.11 bits per heavy atom. The summed E-state index contributed by atoms with van der Waals surface area (Å²) >= 11 is 5.89. The minimum Gasteiger partial charge on any atom is -0.369 e. The van der Waals surface area contributed by atoms with E-state index in [-0.39, 0.29) is 5.78 Å². The van der Waals surface area contributed by atoms with Crippen molar-refractivity contribution in [2.75, 3.05) is 7.11 Å². The van der Waals surface area contributed by atoms with Crippen LogP contribution in [0.2, 0.25) is 5.02 Å². The average molecular weight is 261 g/mol. The number of methoxy groups -OCH3 is 1. The summed E-state index contributed by atoms with van der Waals surface area (Å²) in [6.07, 6.45) is -0.593. The maximum absolute atomic E-state index is 12.3. The molecule has 0 saturated heterocycles. The van der Waals surface area contributed by atoms with Gasteiger partial charge in [0.15, 0.2) is 5.78 Å². The van der Waals surface area contributed by atoms with Crippen molar-refractivity contribution in [3.8, 4) is 0 Å². The zero-order valence-corrected chi connectivity index (χ0v) is 10.7. The van der Waals surface area contributed by atoms with Crippen molar-refractivity contribution < 1.29 is 9.53 Å². The van der Waals surface area contributed by atoms with E-state index in [4.69, 9.17) is 16.3 Å². The van der Waals surface area contributed by atoms with Gasteiger partial charge >= 0.3 is 0 Å². The number of carbonyl (C=O) groups excluding carboxylic acids is 1. The van der Waals surface area contributed by atoms with Crippen LogP contribution in [0.5, 0.6) is 0 Å². The topological polar surface area (TPSA) is 26.3 Å². The fourth-order valence-electron chi connectivity index (χ4n) is 1.82. The van der Waals surface area contributed by atoms with Gasteiger partial charge in [-0.3, -0.25) is 4.79 Å². The smallest absolute Gasteiger partial charge is 0.196 e. The molecule has 0 aliphatic rings. The Morgan fingerprint density at radius 2 is 1.83 bits per heavy atom. The van der Waals surface area contributed by atoms with E-state index in [1.807, 2.05) is 30.3 Å². The Morgan fingerprint density at radius 3 is 2.44 bits per heavy atom. The minimum absolute atomic E-state index is 0.0915. The number of ether oxygens (including phenoxy) is 1. The van der Waals surface area contributed by atoms with Gasteiger partial charge in [-0.25, -0.2) is 0 Å². The van der Waals surface area contributed by atoms with Crippen LogP contribution in [-0.4, -0.2) is 12.9 Å². The normalized spacial score (nSPS) is 12.1. The molecule has 0 aliphatic carbocycles. The molecule has 2 rings (SSSR count). The third-order valence-electron chi connectivity index (χ3n) is 2.69. The SMILES string of the molecule is COC(C(=O)c1cccc(Cl)c1)c1ccccc1. The first kappa shape index (κ1) is 12.8. The van der Waals surface area contributed by atoms with E-state index in [0.717, 1.165) is 5.56 Å². The van der Waals surface area contributed by atoms with Crippen LogP contribution in [0, 0.1) is 0 Å². The molecular weight excluding hydrogens is 248 g/mol. The first-order chi connectivity index (χ1) is 8.72. The molecule has 92 valence electrons. The highest BCUT2D eigenvalue weighted by molar-refractivity contribution is 6.31. The van der Waals surface area contributed by atoms with E-state index >= 15 is 0 Å². The van der Waals surface area contributed by atoms with E-state index in [1.54, 1.807) is 24.3 Å². The first-order valence-electron chi connectivity index (χ1n) is 5.60. The second-order valence-electron chi connectivity index (χ2n) is 3.90. The number of carbonyl (C=O) groups is 1. The van der Waals surface area contributed by atoms with Crippen molar-refractivity contribution in [1.82, 2.24) is 0 Å². The van der Waals surface area contributed by atoms with Crippen LogP contribution in [-0.2, 0) is 4.74 Å². The fraction of sp³-hybridized carbons (Fsp3) is 0.133. The second-order valence-corrected chi connectivity index (χ2v) is 4.34. The lowest BCUT2D eigenvalue weighted by Crippen LogP contribution is -2.14. The Balaban J connectivity index is 2.32. The molecule has 0 aliphatic heterocycles. The molecule has 0 bridgehead atoms. The molecule has 0 amide bonds. The molecule has 0 saturated carbocycles. The number of hydrogen-bond donors (Lipinski definition) is 0. The molecule has 0 radical (unpaired) electrons. The summed E-state index contributed by atoms with van der Waals surface area (Å²) in [5.74, 6) is -0.0915. The minimum atomic E-state index is -0.593. The summed E-state index contributed by atoms with van der Waals surface area (Å²) in [5, 5.41) is 0.545. The van der Waals surface area contributed by atoms with Gasteiger partial charge in [0.25, 0.3) is 0 Å². The van der Waals surface area contributed by atoms with Crippen molar-refractivity contribution in [2.24, 2.45) is 0 Å². The molecular formula is C15H13ClO2. The van der Waals surface area contributed by atoms with Crippen LogP contribution in [0.4, 0.5) is 0 Å². The Kier molecular flexibility index (Phi) is 4.13. The second kappa shape index (κ2) is 5.80. The number of ketones is 1. The Bertz CT molecular complexity index is 537. The zero-order valence-electron chi connectivity index (χ0n) is 9.97. The summed E-state index contributed by atoms with van der Waals surface area (Å²) in [4.78, 5) is 12.3. The molecule has 0 heterocycles. The summed E-state index contributed by atoms with van der Waals surface area (Å²) in [6, 6.07) is 16.3. The van der Waals surface area contributed by atoms with Crippen molar-refractivity contribution in [1.29, 1.82) is 0 Å². The molecule has 0 N–H and O–H groups in total. The van der Waals surface area contributed by atoms with Crippen LogP contribution in [0.25, 0.3) is 0 Å². The first-order valence-corrected chi connectivity index (χ1v) is 5.97. The van der Waals surface area contributed by atoms with Gasteiger partial charge in [0.2, 0.25) is 0 Å². The number of rotatable bonds is 4. The lowest BCUT2D eigenvalue weighted by atomic mass is 10.00. The van der Waals surface area contributed by atoms with E-state index in [0.29, 0.717) is 10.6 Å². The summed E-state index contributed by atoms with van der Waals surface area (Å²) < 4.78 is 5.30.